The lowest BCUT2D eigenvalue weighted by Gasteiger charge is -2.16. The van der Waals surface area contributed by atoms with Crippen molar-refractivity contribution in [3.8, 4) is 5.75 Å². The second-order valence-electron chi connectivity index (χ2n) is 7.01. The van der Waals surface area contributed by atoms with Crippen LogP contribution in [0.15, 0.2) is 48.5 Å². The number of hydrogen-bond acceptors (Lipinski definition) is 3. The lowest BCUT2D eigenvalue weighted by Crippen LogP contribution is -2.26. The number of rotatable bonds is 9. The van der Waals surface area contributed by atoms with Gasteiger partial charge < -0.3 is 15.0 Å². The Morgan fingerprint density at radius 3 is 2.82 bits per heavy atom. The number of aryl methyl sites for hydroxylation is 1. The van der Waals surface area contributed by atoms with Crippen molar-refractivity contribution in [1.29, 1.82) is 0 Å². The lowest BCUT2D eigenvalue weighted by molar-refractivity contribution is -0.117. The SMILES string of the molecule is CCCOc1ccccc1CCCNC(=O)c1cccc(N2CCCC2=O)c1. The summed E-state index contributed by atoms with van der Waals surface area (Å²) in [6.07, 6.45) is 4.12. The zero-order chi connectivity index (χ0) is 19.8. The summed E-state index contributed by atoms with van der Waals surface area (Å²) in [5.41, 5.74) is 2.56. The molecule has 0 spiro atoms. The van der Waals surface area contributed by atoms with Crippen LogP contribution >= 0.6 is 0 Å². The summed E-state index contributed by atoms with van der Waals surface area (Å²) in [6.45, 7) is 4.12. The van der Waals surface area contributed by atoms with Crippen LogP contribution in [0.5, 0.6) is 5.75 Å². The number of carbonyl (C=O) groups is 2. The molecule has 2 aromatic rings. The van der Waals surface area contributed by atoms with E-state index in [1.54, 1.807) is 17.0 Å². The second kappa shape index (κ2) is 9.93. The highest BCUT2D eigenvalue weighted by molar-refractivity contribution is 5.99. The molecule has 0 unspecified atom stereocenters. The van der Waals surface area contributed by atoms with E-state index in [-0.39, 0.29) is 11.8 Å². The van der Waals surface area contributed by atoms with Gasteiger partial charge in [-0.1, -0.05) is 31.2 Å². The van der Waals surface area contributed by atoms with E-state index in [2.05, 4.69) is 18.3 Å². The van der Waals surface area contributed by atoms with E-state index in [0.717, 1.165) is 43.7 Å². The van der Waals surface area contributed by atoms with Crippen molar-refractivity contribution in [3.05, 3.63) is 59.7 Å². The molecule has 2 aromatic carbocycles. The van der Waals surface area contributed by atoms with Gasteiger partial charge in [0.05, 0.1) is 6.61 Å². The third-order valence-corrected chi connectivity index (χ3v) is 4.84. The Labute approximate surface area is 166 Å². The molecule has 0 bridgehead atoms. The lowest BCUT2D eigenvalue weighted by atomic mass is 10.1. The zero-order valence-corrected chi connectivity index (χ0v) is 16.4. The molecule has 5 heteroatoms. The smallest absolute Gasteiger partial charge is 0.251 e. The van der Waals surface area contributed by atoms with Crippen molar-refractivity contribution in [2.24, 2.45) is 0 Å². The number of amides is 2. The maximum absolute atomic E-state index is 12.5. The summed E-state index contributed by atoms with van der Waals surface area (Å²) in [6, 6.07) is 15.4. The number of ether oxygens (including phenoxy) is 1. The molecule has 2 amide bonds. The monoisotopic (exact) mass is 380 g/mol. The van der Waals surface area contributed by atoms with E-state index in [9.17, 15) is 9.59 Å². The minimum Gasteiger partial charge on any atom is -0.493 e. The van der Waals surface area contributed by atoms with E-state index in [1.165, 1.54) is 5.56 Å². The van der Waals surface area contributed by atoms with Crippen molar-refractivity contribution in [2.45, 2.75) is 39.0 Å². The summed E-state index contributed by atoms with van der Waals surface area (Å²) >= 11 is 0. The Morgan fingerprint density at radius 2 is 2.04 bits per heavy atom. The highest BCUT2D eigenvalue weighted by Gasteiger charge is 2.22. The van der Waals surface area contributed by atoms with Gasteiger partial charge in [0.2, 0.25) is 5.91 Å². The molecule has 0 aromatic heterocycles. The summed E-state index contributed by atoms with van der Waals surface area (Å²) < 4.78 is 5.78. The van der Waals surface area contributed by atoms with Gasteiger partial charge in [-0.2, -0.15) is 0 Å². The molecular weight excluding hydrogens is 352 g/mol. The number of anilines is 1. The molecule has 28 heavy (non-hydrogen) atoms. The van der Waals surface area contributed by atoms with E-state index in [0.29, 0.717) is 25.1 Å². The number of nitrogens with zero attached hydrogens (tertiary/aromatic N) is 1. The number of benzene rings is 2. The van der Waals surface area contributed by atoms with Gasteiger partial charge in [0.15, 0.2) is 0 Å². The molecule has 1 heterocycles. The summed E-state index contributed by atoms with van der Waals surface area (Å²) in [5.74, 6) is 0.948. The Bertz CT molecular complexity index is 819. The molecule has 1 N–H and O–H groups in total. The van der Waals surface area contributed by atoms with E-state index in [4.69, 9.17) is 4.74 Å². The summed E-state index contributed by atoms with van der Waals surface area (Å²) in [4.78, 5) is 26.1. The third-order valence-electron chi connectivity index (χ3n) is 4.84. The Morgan fingerprint density at radius 1 is 1.18 bits per heavy atom. The maximum atomic E-state index is 12.5. The molecule has 5 nitrogen and oxygen atoms in total. The summed E-state index contributed by atoms with van der Waals surface area (Å²) in [7, 11) is 0. The molecule has 3 rings (SSSR count). The third kappa shape index (κ3) is 5.12. The van der Waals surface area contributed by atoms with Gasteiger partial charge in [0, 0.05) is 30.8 Å². The molecule has 148 valence electrons. The van der Waals surface area contributed by atoms with Crippen molar-refractivity contribution in [2.75, 3.05) is 24.6 Å². The molecule has 0 aliphatic carbocycles. The largest absolute Gasteiger partial charge is 0.493 e. The zero-order valence-electron chi connectivity index (χ0n) is 16.4. The van der Waals surface area contributed by atoms with Crippen LogP contribution in [0.1, 0.15) is 48.5 Å². The molecule has 1 fully saturated rings. The van der Waals surface area contributed by atoms with Crippen molar-refractivity contribution in [3.63, 3.8) is 0 Å². The Kier molecular flexibility index (Phi) is 7.06. The molecule has 0 radical (unpaired) electrons. The predicted molar refractivity (Wildman–Crippen MR) is 111 cm³/mol. The molecular formula is C23H28N2O3. The first-order valence-corrected chi connectivity index (χ1v) is 10.1. The highest BCUT2D eigenvalue weighted by atomic mass is 16.5. The second-order valence-corrected chi connectivity index (χ2v) is 7.01. The molecule has 1 aliphatic heterocycles. The Hall–Kier alpha value is -2.82. The van der Waals surface area contributed by atoms with Crippen LogP contribution in [0, 0.1) is 0 Å². The standard InChI is InChI=1S/C23H28N2O3/c1-2-16-28-21-12-4-3-8-18(21)10-6-14-24-23(27)19-9-5-11-20(17-19)25-15-7-13-22(25)26/h3-5,8-9,11-12,17H,2,6-7,10,13-16H2,1H3,(H,24,27). The average Bonchev–Trinajstić information content (AvgIpc) is 3.16. The van der Waals surface area contributed by atoms with Gasteiger partial charge in [0.1, 0.15) is 5.75 Å². The number of carbonyl (C=O) groups excluding carboxylic acids is 2. The molecule has 1 saturated heterocycles. The fourth-order valence-corrected chi connectivity index (χ4v) is 3.38. The number of para-hydroxylation sites is 1. The van der Waals surface area contributed by atoms with Crippen LogP contribution < -0.4 is 15.0 Å². The van der Waals surface area contributed by atoms with Crippen molar-refractivity contribution in [1.82, 2.24) is 5.32 Å². The van der Waals surface area contributed by atoms with Crippen LogP contribution in [-0.2, 0) is 11.2 Å². The maximum Gasteiger partial charge on any atom is 0.251 e. The van der Waals surface area contributed by atoms with Crippen LogP contribution in [-0.4, -0.2) is 31.5 Å². The van der Waals surface area contributed by atoms with E-state index >= 15 is 0 Å². The first-order chi connectivity index (χ1) is 13.7. The van der Waals surface area contributed by atoms with Crippen LogP contribution in [0.25, 0.3) is 0 Å². The quantitative estimate of drug-likeness (QED) is 0.670. The van der Waals surface area contributed by atoms with Gasteiger partial charge in [-0.25, -0.2) is 0 Å². The summed E-state index contributed by atoms with van der Waals surface area (Å²) in [5, 5.41) is 2.98. The average molecular weight is 380 g/mol. The Balaban J connectivity index is 1.51. The van der Waals surface area contributed by atoms with Crippen LogP contribution in [0.3, 0.4) is 0 Å². The van der Waals surface area contributed by atoms with Gasteiger partial charge in [-0.15, -0.1) is 0 Å². The molecule has 1 aliphatic rings. The van der Waals surface area contributed by atoms with Gasteiger partial charge in [0.25, 0.3) is 5.91 Å². The van der Waals surface area contributed by atoms with E-state index in [1.807, 2.05) is 30.3 Å². The minimum absolute atomic E-state index is 0.107. The van der Waals surface area contributed by atoms with Gasteiger partial charge in [-0.05, 0) is 55.5 Å². The van der Waals surface area contributed by atoms with Crippen molar-refractivity contribution >= 4 is 17.5 Å². The number of nitrogens with one attached hydrogen (secondary N) is 1. The normalized spacial score (nSPS) is 13.6. The van der Waals surface area contributed by atoms with E-state index < -0.39 is 0 Å². The predicted octanol–water partition coefficient (Wildman–Crippen LogP) is 3.96. The first-order valence-electron chi connectivity index (χ1n) is 10.1. The molecule has 0 atom stereocenters. The number of hydrogen-bond donors (Lipinski definition) is 1. The highest BCUT2D eigenvalue weighted by Crippen LogP contribution is 2.22. The fraction of sp³-hybridized carbons (Fsp3) is 0.391. The first kappa shape index (κ1) is 19.9. The minimum atomic E-state index is -0.107. The van der Waals surface area contributed by atoms with Gasteiger partial charge >= 0.3 is 0 Å². The van der Waals surface area contributed by atoms with Gasteiger partial charge in [-0.3, -0.25) is 9.59 Å². The van der Waals surface area contributed by atoms with Crippen LogP contribution in [0.2, 0.25) is 0 Å². The van der Waals surface area contributed by atoms with Crippen molar-refractivity contribution < 1.29 is 14.3 Å². The van der Waals surface area contributed by atoms with Crippen LogP contribution in [0.4, 0.5) is 5.69 Å². The topological polar surface area (TPSA) is 58.6 Å². The molecule has 0 saturated carbocycles. The fourth-order valence-electron chi connectivity index (χ4n) is 3.38.